The monoisotopic (exact) mass is 255 g/mol. The number of aryl methyl sites for hydroxylation is 1. The van der Waals surface area contributed by atoms with Gasteiger partial charge in [-0.15, -0.1) is 0 Å². The summed E-state index contributed by atoms with van der Waals surface area (Å²) in [6, 6.07) is 15.1. The van der Waals surface area contributed by atoms with Gasteiger partial charge < -0.3 is 10.1 Å². The molecule has 0 spiro atoms. The summed E-state index contributed by atoms with van der Waals surface area (Å²) in [5, 5.41) is 2.90. The van der Waals surface area contributed by atoms with E-state index in [2.05, 4.69) is 5.32 Å². The SMILES string of the molecule is COc1ccc(C)cc1CNC(=O)c1ccccc1. The van der Waals surface area contributed by atoms with Crippen molar-refractivity contribution in [3.63, 3.8) is 0 Å². The van der Waals surface area contributed by atoms with Crippen molar-refractivity contribution in [3.05, 3.63) is 65.2 Å². The van der Waals surface area contributed by atoms with Crippen molar-refractivity contribution in [1.29, 1.82) is 0 Å². The summed E-state index contributed by atoms with van der Waals surface area (Å²) in [7, 11) is 1.63. The highest BCUT2D eigenvalue weighted by atomic mass is 16.5. The van der Waals surface area contributed by atoms with Gasteiger partial charge in [-0.05, 0) is 25.1 Å². The average molecular weight is 255 g/mol. The van der Waals surface area contributed by atoms with Crippen molar-refractivity contribution < 1.29 is 9.53 Å². The Labute approximate surface area is 113 Å². The number of nitrogens with one attached hydrogen (secondary N) is 1. The molecule has 0 bridgehead atoms. The number of rotatable bonds is 4. The second-order valence-corrected chi connectivity index (χ2v) is 4.36. The predicted molar refractivity (Wildman–Crippen MR) is 75.3 cm³/mol. The molecular formula is C16H17NO2. The highest BCUT2D eigenvalue weighted by Gasteiger charge is 2.07. The van der Waals surface area contributed by atoms with Crippen molar-refractivity contribution in [2.24, 2.45) is 0 Å². The number of carbonyl (C=O) groups excluding carboxylic acids is 1. The lowest BCUT2D eigenvalue weighted by atomic mass is 10.1. The van der Waals surface area contributed by atoms with Crippen LogP contribution in [0.2, 0.25) is 0 Å². The average Bonchev–Trinajstić information content (AvgIpc) is 2.46. The largest absolute Gasteiger partial charge is 0.496 e. The molecule has 0 fully saturated rings. The van der Waals surface area contributed by atoms with Crippen molar-refractivity contribution in [3.8, 4) is 5.75 Å². The highest BCUT2D eigenvalue weighted by molar-refractivity contribution is 5.94. The number of benzene rings is 2. The molecule has 0 radical (unpaired) electrons. The minimum atomic E-state index is -0.0795. The van der Waals surface area contributed by atoms with Crippen LogP contribution >= 0.6 is 0 Å². The van der Waals surface area contributed by atoms with E-state index in [0.717, 1.165) is 16.9 Å². The summed E-state index contributed by atoms with van der Waals surface area (Å²) in [5.74, 6) is 0.711. The molecule has 98 valence electrons. The molecule has 0 heterocycles. The second-order valence-electron chi connectivity index (χ2n) is 4.36. The Balaban J connectivity index is 2.07. The fourth-order valence-electron chi connectivity index (χ4n) is 1.91. The highest BCUT2D eigenvalue weighted by Crippen LogP contribution is 2.19. The zero-order chi connectivity index (χ0) is 13.7. The summed E-state index contributed by atoms with van der Waals surface area (Å²) < 4.78 is 5.29. The summed E-state index contributed by atoms with van der Waals surface area (Å²) in [4.78, 5) is 12.0. The molecule has 1 N–H and O–H groups in total. The summed E-state index contributed by atoms with van der Waals surface area (Å²) >= 11 is 0. The molecule has 3 heteroatoms. The molecule has 2 aromatic rings. The first-order chi connectivity index (χ1) is 9.20. The fraction of sp³-hybridized carbons (Fsp3) is 0.188. The van der Waals surface area contributed by atoms with Crippen LogP contribution in [-0.2, 0) is 6.54 Å². The second kappa shape index (κ2) is 6.05. The standard InChI is InChI=1S/C16H17NO2/c1-12-8-9-15(19-2)14(10-12)11-17-16(18)13-6-4-3-5-7-13/h3-10H,11H2,1-2H3,(H,17,18). The van der Waals surface area contributed by atoms with Gasteiger partial charge in [0.2, 0.25) is 0 Å². The van der Waals surface area contributed by atoms with Gasteiger partial charge in [0.25, 0.3) is 5.91 Å². The smallest absolute Gasteiger partial charge is 0.251 e. The van der Waals surface area contributed by atoms with Crippen LogP contribution in [0.25, 0.3) is 0 Å². The first-order valence-corrected chi connectivity index (χ1v) is 6.17. The number of hydrogen-bond donors (Lipinski definition) is 1. The van der Waals surface area contributed by atoms with Crippen LogP contribution in [0.5, 0.6) is 5.75 Å². The zero-order valence-corrected chi connectivity index (χ0v) is 11.1. The molecule has 0 unspecified atom stereocenters. The van der Waals surface area contributed by atoms with Crippen LogP contribution in [0, 0.1) is 6.92 Å². The molecule has 0 saturated carbocycles. The number of methoxy groups -OCH3 is 1. The summed E-state index contributed by atoms with van der Waals surface area (Å²) in [6.07, 6.45) is 0. The Kier molecular flexibility index (Phi) is 4.18. The molecule has 0 aromatic heterocycles. The first-order valence-electron chi connectivity index (χ1n) is 6.17. The molecule has 0 aliphatic rings. The molecule has 0 saturated heterocycles. The van der Waals surface area contributed by atoms with E-state index >= 15 is 0 Å². The quantitative estimate of drug-likeness (QED) is 0.912. The maximum atomic E-state index is 12.0. The van der Waals surface area contributed by atoms with Crippen LogP contribution in [0.1, 0.15) is 21.5 Å². The van der Waals surface area contributed by atoms with E-state index in [4.69, 9.17) is 4.74 Å². The molecule has 0 aliphatic heterocycles. The van der Waals surface area contributed by atoms with Gasteiger partial charge in [-0.2, -0.15) is 0 Å². The van der Waals surface area contributed by atoms with Crippen molar-refractivity contribution in [1.82, 2.24) is 5.32 Å². The molecule has 1 amide bonds. The van der Waals surface area contributed by atoms with Crippen molar-refractivity contribution in [2.75, 3.05) is 7.11 Å². The van der Waals surface area contributed by atoms with Crippen LogP contribution in [-0.4, -0.2) is 13.0 Å². The van der Waals surface area contributed by atoms with Gasteiger partial charge in [0.15, 0.2) is 0 Å². The summed E-state index contributed by atoms with van der Waals surface area (Å²) in [5.41, 5.74) is 2.78. The van der Waals surface area contributed by atoms with Gasteiger partial charge in [-0.1, -0.05) is 35.9 Å². The molecule has 19 heavy (non-hydrogen) atoms. The fourth-order valence-corrected chi connectivity index (χ4v) is 1.91. The first kappa shape index (κ1) is 13.1. The third-order valence-corrected chi connectivity index (χ3v) is 2.91. The lowest BCUT2D eigenvalue weighted by molar-refractivity contribution is 0.0950. The van der Waals surface area contributed by atoms with E-state index in [9.17, 15) is 4.79 Å². The molecule has 0 aliphatic carbocycles. The van der Waals surface area contributed by atoms with E-state index in [1.54, 1.807) is 19.2 Å². The van der Waals surface area contributed by atoms with Gasteiger partial charge in [-0.25, -0.2) is 0 Å². The van der Waals surface area contributed by atoms with Gasteiger partial charge >= 0.3 is 0 Å². The minimum Gasteiger partial charge on any atom is -0.496 e. The van der Waals surface area contributed by atoms with E-state index in [1.807, 2.05) is 43.3 Å². The third kappa shape index (κ3) is 3.35. The van der Waals surface area contributed by atoms with Crippen LogP contribution in [0.15, 0.2) is 48.5 Å². The van der Waals surface area contributed by atoms with Gasteiger partial charge in [0, 0.05) is 17.7 Å². The topological polar surface area (TPSA) is 38.3 Å². The number of ether oxygens (including phenoxy) is 1. The molecule has 0 atom stereocenters. The lowest BCUT2D eigenvalue weighted by Crippen LogP contribution is -2.23. The zero-order valence-electron chi connectivity index (χ0n) is 11.1. The van der Waals surface area contributed by atoms with Gasteiger partial charge in [0.05, 0.1) is 7.11 Å². The Bertz CT molecular complexity index is 564. The van der Waals surface area contributed by atoms with E-state index in [0.29, 0.717) is 12.1 Å². The Hall–Kier alpha value is -2.29. The van der Waals surface area contributed by atoms with Gasteiger partial charge in [-0.3, -0.25) is 4.79 Å². The molecule has 2 aromatic carbocycles. The van der Waals surface area contributed by atoms with E-state index in [-0.39, 0.29) is 5.91 Å². The minimum absolute atomic E-state index is 0.0795. The number of hydrogen-bond acceptors (Lipinski definition) is 2. The number of amides is 1. The van der Waals surface area contributed by atoms with Crippen LogP contribution in [0.4, 0.5) is 0 Å². The number of carbonyl (C=O) groups is 1. The Morgan fingerprint density at radius 3 is 2.58 bits per heavy atom. The molecular weight excluding hydrogens is 238 g/mol. The maximum absolute atomic E-state index is 12.0. The molecule has 2 rings (SSSR count). The third-order valence-electron chi connectivity index (χ3n) is 2.91. The molecule has 3 nitrogen and oxygen atoms in total. The Morgan fingerprint density at radius 2 is 1.89 bits per heavy atom. The maximum Gasteiger partial charge on any atom is 0.251 e. The predicted octanol–water partition coefficient (Wildman–Crippen LogP) is 2.93. The van der Waals surface area contributed by atoms with E-state index in [1.165, 1.54) is 0 Å². The van der Waals surface area contributed by atoms with Crippen LogP contribution in [0.3, 0.4) is 0 Å². The van der Waals surface area contributed by atoms with Crippen molar-refractivity contribution in [2.45, 2.75) is 13.5 Å². The Morgan fingerprint density at radius 1 is 1.16 bits per heavy atom. The lowest BCUT2D eigenvalue weighted by Gasteiger charge is -2.10. The van der Waals surface area contributed by atoms with E-state index < -0.39 is 0 Å². The van der Waals surface area contributed by atoms with Crippen LogP contribution < -0.4 is 10.1 Å². The van der Waals surface area contributed by atoms with Gasteiger partial charge in [0.1, 0.15) is 5.75 Å². The summed E-state index contributed by atoms with van der Waals surface area (Å²) in [6.45, 7) is 2.47. The normalized spacial score (nSPS) is 10.0. The van der Waals surface area contributed by atoms with Crippen molar-refractivity contribution >= 4 is 5.91 Å².